The average Bonchev–Trinajstić information content (AvgIpc) is 2.15. The number of hydrogen-bond donors (Lipinski definition) is 3. The van der Waals surface area contributed by atoms with E-state index in [4.69, 9.17) is 11.5 Å². The van der Waals surface area contributed by atoms with Gasteiger partial charge in [-0.2, -0.15) is 0 Å². The van der Waals surface area contributed by atoms with Crippen LogP contribution >= 0.6 is 0 Å². The summed E-state index contributed by atoms with van der Waals surface area (Å²) in [5, 5.41) is 11.1. The van der Waals surface area contributed by atoms with Crippen molar-refractivity contribution in [1.29, 1.82) is 0 Å². The highest BCUT2D eigenvalue weighted by Gasteiger charge is 2.05. The average molecular weight is 174 g/mol. The van der Waals surface area contributed by atoms with Crippen LogP contribution in [0.1, 0.15) is 0 Å². The lowest BCUT2D eigenvalue weighted by Gasteiger charge is -2.06. The van der Waals surface area contributed by atoms with Crippen molar-refractivity contribution in [2.45, 2.75) is 0 Å². The molecule has 0 aliphatic carbocycles. The second-order valence-corrected chi connectivity index (χ2v) is 2.95. The molecule has 0 aromatic heterocycles. The van der Waals surface area contributed by atoms with Crippen molar-refractivity contribution < 1.29 is 5.11 Å². The van der Waals surface area contributed by atoms with E-state index in [0.717, 1.165) is 5.39 Å². The van der Waals surface area contributed by atoms with Gasteiger partial charge in [0.05, 0.1) is 5.69 Å². The van der Waals surface area contributed by atoms with Crippen molar-refractivity contribution in [1.82, 2.24) is 0 Å². The largest absolute Gasteiger partial charge is 0.505 e. The van der Waals surface area contributed by atoms with Gasteiger partial charge in [0, 0.05) is 16.5 Å². The van der Waals surface area contributed by atoms with Gasteiger partial charge in [0.25, 0.3) is 0 Å². The number of nitrogen functional groups attached to an aromatic ring is 2. The summed E-state index contributed by atoms with van der Waals surface area (Å²) in [6.45, 7) is 0. The molecule has 2 aromatic carbocycles. The molecule has 0 saturated carbocycles. The van der Waals surface area contributed by atoms with E-state index in [1.807, 2.05) is 18.2 Å². The highest BCUT2D eigenvalue weighted by molar-refractivity contribution is 6.00. The first-order valence-electron chi connectivity index (χ1n) is 3.96. The number of phenols is 1. The molecular weight excluding hydrogens is 164 g/mol. The van der Waals surface area contributed by atoms with E-state index < -0.39 is 0 Å². The first-order valence-corrected chi connectivity index (χ1v) is 3.96. The maximum absolute atomic E-state index is 9.60. The maximum Gasteiger partial charge on any atom is 0.146 e. The first kappa shape index (κ1) is 7.73. The number of fused-ring (bicyclic) bond motifs is 1. The number of anilines is 2. The molecule has 0 aliphatic rings. The monoisotopic (exact) mass is 174 g/mol. The predicted octanol–water partition coefficient (Wildman–Crippen LogP) is 1.71. The van der Waals surface area contributed by atoms with Gasteiger partial charge in [-0.3, -0.25) is 0 Å². The Bertz CT molecular complexity index is 466. The summed E-state index contributed by atoms with van der Waals surface area (Å²) in [6.07, 6.45) is 0. The Morgan fingerprint density at radius 2 is 1.54 bits per heavy atom. The predicted molar refractivity (Wildman–Crippen MR) is 54.4 cm³/mol. The van der Waals surface area contributed by atoms with Crippen LogP contribution in [0.15, 0.2) is 30.3 Å². The summed E-state index contributed by atoms with van der Waals surface area (Å²) < 4.78 is 0. The third kappa shape index (κ3) is 1.05. The van der Waals surface area contributed by atoms with Crippen molar-refractivity contribution in [2.75, 3.05) is 11.5 Å². The Morgan fingerprint density at radius 1 is 0.923 bits per heavy atom. The zero-order valence-corrected chi connectivity index (χ0v) is 6.99. The van der Waals surface area contributed by atoms with Crippen LogP contribution in [-0.2, 0) is 0 Å². The number of nitrogens with two attached hydrogens (primary N) is 2. The van der Waals surface area contributed by atoms with Crippen LogP contribution in [0.3, 0.4) is 0 Å². The van der Waals surface area contributed by atoms with E-state index >= 15 is 0 Å². The van der Waals surface area contributed by atoms with E-state index in [9.17, 15) is 5.11 Å². The zero-order valence-electron chi connectivity index (χ0n) is 6.99. The number of hydrogen-bond acceptors (Lipinski definition) is 3. The van der Waals surface area contributed by atoms with Crippen LogP contribution < -0.4 is 11.5 Å². The quantitative estimate of drug-likeness (QED) is 0.323. The fourth-order valence-electron chi connectivity index (χ4n) is 1.41. The van der Waals surface area contributed by atoms with Gasteiger partial charge < -0.3 is 16.6 Å². The highest BCUT2D eigenvalue weighted by atomic mass is 16.3. The summed E-state index contributed by atoms with van der Waals surface area (Å²) in [4.78, 5) is 0. The lowest BCUT2D eigenvalue weighted by atomic mass is 10.1. The molecule has 0 atom stereocenters. The summed E-state index contributed by atoms with van der Waals surface area (Å²) in [5.74, 6) is 0.102. The summed E-state index contributed by atoms with van der Waals surface area (Å²) in [5.41, 5.74) is 12.2. The molecule has 0 amide bonds. The van der Waals surface area contributed by atoms with Crippen LogP contribution in [-0.4, -0.2) is 5.11 Å². The van der Waals surface area contributed by atoms with E-state index in [-0.39, 0.29) is 5.75 Å². The van der Waals surface area contributed by atoms with Gasteiger partial charge in [-0.15, -0.1) is 0 Å². The fourth-order valence-corrected chi connectivity index (χ4v) is 1.41. The van der Waals surface area contributed by atoms with E-state index in [2.05, 4.69) is 0 Å². The van der Waals surface area contributed by atoms with Gasteiger partial charge in [0.15, 0.2) is 0 Å². The molecule has 0 heterocycles. The van der Waals surface area contributed by atoms with Gasteiger partial charge in [0.2, 0.25) is 0 Å². The number of rotatable bonds is 0. The van der Waals surface area contributed by atoms with Crippen LogP contribution in [0.25, 0.3) is 10.8 Å². The zero-order chi connectivity index (χ0) is 9.42. The van der Waals surface area contributed by atoms with E-state index in [1.54, 1.807) is 12.1 Å². The molecule has 0 spiro atoms. The minimum Gasteiger partial charge on any atom is -0.505 e. The lowest BCUT2D eigenvalue weighted by molar-refractivity contribution is 0.484. The molecule has 0 bridgehead atoms. The topological polar surface area (TPSA) is 72.3 Å². The molecule has 3 nitrogen and oxygen atoms in total. The standard InChI is InChI=1S/C10H10N2O/c11-8-5-9(12)10(13)7-4-2-1-3-6(7)8/h1-5,13H,11-12H2. The van der Waals surface area contributed by atoms with Crippen LogP contribution in [0.5, 0.6) is 5.75 Å². The van der Waals surface area contributed by atoms with Gasteiger partial charge in [-0.1, -0.05) is 24.3 Å². The van der Waals surface area contributed by atoms with Gasteiger partial charge in [-0.05, 0) is 6.07 Å². The molecule has 2 aromatic rings. The molecule has 3 heteroatoms. The van der Waals surface area contributed by atoms with Crippen molar-refractivity contribution in [3.05, 3.63) is 30.3 Å². The SMILES string of the molecule is Nc1cc(N)c2ccccc2c1O. The maximum atomic E-state index is 9.60. The van der Waals surface area contributed by atoms with Crippen LogP contribution in [0, 0.1) is 0 Å². The summed E-state index contributed by atoms with van der Waals surface area (Å²) in [6, 6.07) is 8.91. The Morgan fingerprint density at radius 3 is 2.23 bits per heavy atom. The summed E-state index contributed by atoms with van der Waals surface area (Å²) in [7, 11) is 0. The molecular formula is C10H10N2O. The number of aromatic hydroxyl groups is 1. The normalized spacial score (nSPS) is 10.5. The minimum atomic E-state index is 0.102. The molecule has 0 fully saturated rings. The second-order valence-electron chi connectivity index (χ2n) is 2.95. The third-order valence-corrected chi connectivity index (χ3v) is 2.08. The van der Waals surface area contributed by atoms with Crippen LogP contribution in [0.4, 0.5) is 11.4 Å². The Balaban J connectivity index is 2.97. The van der Waals surface area contributed by atoms with Gasteiger partial charge >= 0.3 is 0 Å². The second kappa shape index (κ2) is 2.55. The van der Waals surface area contributed by atoms with Crippen molar-refractivity contribution in [2.24, 2.45) is 0 Å². The van der Waals surface area contributed by atoms with Crippen molar-refractivity contribution >= 4 is 22.1 Å². The smallest absolute Gasteiger partial charge is 0.146 e. The van der Waals surface area contributed by atoms with Crippen LogP contribution in [0.2, 0.25) is 0 Å². The molecule has 2 rings (SSSR count). The summed E-state index contributed by atoms with van der Waals surface area (Å²) >= 11 is 0. The lowest BCUT2D eigenvalue weighted by Crippen LogP contribution is -1.92. The fraction of sp³-hybridized carbons (Fsp3) is 0. The molecule has 0 aliphatic heterocycles. The van der Waals surface area contributed by atoms with Crippen molar-refractivity contribution in [3.63, 3.8) is 0 Å². The van der Waals surface area contributed by atoms with E-state index in [0.29, 0.717) is 16.8 Å². The Labute approximate surface area is 75.6 Å². The highest BCUT2D eigenvalue weighted by Crippen LogP contribution is 2.34. The van der Waals surface area contributed by atoms with E-state index in [1.165, 1.54) is 0 Å². The van der Waals surface area contributed by atoms with Gasteiger partial charge in [0.1, 0.15) is 5.75 Å². The molecule has 66 valence electrons. The first-order chi connectivity index (χ1) is 6.20. The Kier molecular flexibility index (Phi) is 1.52. The Hall–Kier alpha value is -1.90. The minimum absolute atomic E-state index is 0.102. The molecule has 5 N–H and O–H groups in total. The number of benzene rings is 2. The molecule has 0 unspecified atom stereocenters. The van der Waals surface area contributed by atoms with Crippen molar-refractivity contribution in [3.8, 4) is 5.75 Å². The number of phenolic OH excluding ortho intramolecular Hbond substituents is 1. The molecule has 13 heavy (non-hydrogen) atoms. The molecule has 0 radical (unpaired) electrons. The van der Waals surface area contributed by atoms with Gasteiger partial charge in [-0.25, -0.2) is 0 Å². The third-order valence-electron chi connectivity index (χ3n) is 2.08. The molecule has 0 saturated heterocycles.